The Bertz CT molecular complexity index is 543. The second-order valence-corrected chi connectivity index (χ2v) is 3.87. The molecule has 0 aliphatic heterocycles. The lowest BCUT2D eigenvalue weighted by Crippen LogP contribution is -1.96. The summed E-state index contributed by atoms with van der Waals surface area (Å²) in [5.74, 6) is -0.0740. The highest BCUT2D eigenvalue weighted by Gasteiger charge is 2.06. The Morgan fingerprint density at radius 2 is 2.00 bits per heavy atom. The number of hydrogen-bond donors (Lipinski definition) is 0. The van der Waals surface area contributed by atoms with Crippen molar-refractivity contribution in [3.8, 4) is 5.69 Å². The lowest BCUT2D eigenvalue weighted by atomic mass is 10.1. The third-order valence-electron chi connectivity index (χ3n) is 2.61. The number of nitrogens with zero attached hydrogens (tertiary/aromatic N) is 3. The average Bonchev–Trinajstić information content (AvgIpc) is 2.71. The van der Waals surface area contributed by atoms with Crippen molar-refractivity contribution < 1.29 is 4.79 Å². The Hall–Kier alpha value is -1.97. The summed E-state index contributed by atoms with van der Waals surface area (Å²) in [5.41, 5.74) is 3.73. The molecule has 1 heterocycles. The van der Waals surface area contributed by atoms with E-state index in [9.17, 15) is 4.79 Å². The van der Waals surface area contributed by atoms with Gasteiger partial charge in [-0.3, -0.25) is 4.79 Å². The fourth-order valence-corrected chi connectivity index (χ4v) is 1.42. The molecule has 1 aromatic carbocycles. The molecule has 0 atom stereocenters. The summed E-state index contributed by atoms with van der Waals surface area (Å²) in [6.45, 7) is 5.58. The van der Waals surface area contributed by atoms with Gasteiger partial charge in [0.1, 0.15) is 5.69 Å². The van der Waals surface area contributed by atoms with Crippen LogP contribution in [0.15, 0.2) is 24.4 Å². The molecule has 4 heteroatoms. The average molecular weight is 215 g/mol. The van der Waals surface area contributed by atoms with E-state index >= 15 is 0 Å². The van der Waals surface area contributed by atoms with Gasteiger partial charge in [-0.15, -0.1) is 5.10 Å². The summed E-state index contributed by atoms with van der Waals surface area (Å²) in [4.78, 5) is 11.1. The maximum absolute atomic E-state index is 11.1. The summed E-state index contributed by atoms with van der Waals surface area (Å²) in [6.07, 6.45) is 1.65. The molecule has 0 saturated heterocycles. The van der Waals surface area contributed by atoms with Crippen LogP contribution in [-0.4, -0.2) is 20.8 Å². The molecular weight excluding hydrogens is 202 g/mol. The largest absolute Gasteiger partial charge is 0.293 e. The van der Waals surface area contributed by atoms with Crippen molar-refractivity contribution in [3.63, 3.8) is 0 Å². The number of carbonyl (C=O) groups is 1. The fourth-order valence-electron chi connectivity index (χ4n) is 1.42. The summed E-state index contributed by atoms with van der Waals surface area (Å²) in [5, 5.41) is 7.73. The van der Waals surface area contributed by atoms with E-state index in [1.54, 1.807) is 10.9 Å². The molecule has 82 valence electrons. The van der Waals surface area contributed by atoms with Crippen LogP contribution in [-0.2, 0) is 0 Å². The maximum Gasteiger partial charge on any atom is 0.181 e. The van der Waals surface area contributed by atoms with Gasteiger partial charge in [-0.25, -0.2) is 4.68 Å². The standard InChI is InChI=1S/C12H13N3O/c1-8-4-5-11(6-9(8)2)15-7-12(10(3)16)13-14-15/h4-7H,1-3H3. The van der Waals surface area contributed by atoms with Crippen LogP contribution in [0.5, 0.6) is 0 Å². The van der Waals surface area contributed by atoms with Gasteiger partial charge in [-0.05, 0) is 37.1 Å². The van der Waals surface area contributed by atoms with Crippen LogP contribution >= 0.6 is 0 Å². The van der Waals surface area contributed by atoms with Crippen LogP contribution in [0.4, 0.5) is 0 Å². The van der Waals surface area contributed by atoms with E-state index in [0.29, 0.717) is 5.69 Å². The van der Waals surface area contributed by atoms with Crippen LogP contribution in [0.1, 0.15) is 28.5 Å². The molecule has 0 aliphatic rings. The minimum atomic E-state index is -0.0740. The van der Waals surface area contributed by atoms with E-state index < -0.39 is 0 Å². The molecule has 1 aromatic heterocycles. The highest BCUT2D eigenvalue weighted by Crippen LogP contribution is 2.13. The highest BCUT2D eigenvalue weighted by atomic mass is 16.1. The van der Waals surface area contributed by atoms with Crippen molar-refractivity contribution in [3.05, 3.63) is 41.2 Å². The van der Waals surface area contributed by atoms with Crippen molar-refractivity contribution in [1.29, 1.82) is 0 Å². The van der Waals surface area contributed by atoms with Crippen molar-refractivity contribution >= 4 is 5.78 Å². The zero-order chi connectivity index (χ0) is 11.7. The van der Waals surface area contributed by atoms with Crippen LogP contribution in [0.2, 0.25) is 0 Å². The Morgan fingerprint density at radius 3 is 2.56 bits per heavy atom. The van der Waals surface area contributed by atoms with Gasteiger partial charge in [-0.2, -0.15) is 0 Å². The summed E-state index contributed by atoms with van der Waals surface area (Å²) in [6, 6.07) is 6.01. The van der Waals surface area contributed by atoms with Crippen molar-refractivity contribution in [2.75, 3.05) is 0 Å². The normalized spacial score (nSPS) is 10.4. The molecule has 0 spiro atoms. The molecule has 2 rings (SSSR count). The second-order valence-electron chi connectivity index (χ2n) is 3.87. The van der Waals surface area contributed by atoms with Crippen molar-refractivity contribution in [1.82, 2.24) is 15.0 Å². The molecular formula is C12H13N3O. The fraction of sp³-hybridized carbons (Fsp3) is 0.250. The first-order chi connectivity index (χ1) is 7.58. The summed E-state index contributed by atoms with van der Waals surface area (Å²) in [7, 11) is 0. The first-order valence-corrected chi connectivity index (χ1v) is 5.09. The first-order valence-electron chi connectivity index (χ1n) is 5.09. The van der Waals surface area contributed by atoms with Gasteiger partial charge in [-0.1, -0.05) is 11.3 Å². The molecule has 0 unspecified atom stereocenters. The topological polar surface area (TPSA) is 47.8 Å². The monoisotopic (exact) mass is 215 g/mol. The van der Waals surface area contributed by atoms with E-state index in [4.69, 9.17) is 0 Å². The number of aryl methyl sites for hydroxylation is 2. The van der Waals surface area contributed by atoms with Crippen LogP contribution in [0.3, 0.4) is 0 Å². The Balaban J connectivity index is 2.42. The third-order valence-corrected chi connectivity index (χ3v) is 2.61. The number of carbonyl (C=O) groups excluding carboxylic acids is 1. The molecule has 4 nitrogen and oxygen atoms in total. The molecule has 0 amide bonds. The molecule has 0 N–H and O–H groups in total. The van der Waals surface area contributed by atoms with E-state index in [1.165, 1.54) is 18.1 Å². The predicted molar refractivity (Wildman–Crippen MR) is 60.8 cm³/mol. The van der Waals surface area contributed by atoms with Crippen LogP contribution in [0, 0.1) is 13.8 Å². The lowest BCUT2D eigenvalue weighted by molar-refractivity contribution is 0.101. The molecule has 2 aromatic rings. The van der Waals surface area contributed by atoms with E-state index in [1.807, 2.05) is 25.1 Å². The molecule has 0 saturated carbocycles. The Morgan fingerprint density at radius 1 is 1.25 bits per heavy atom. The SMILES string of the molecule is CC(=O)c1cn(-c2ccc(C)c(C)c2)nn1. The number of ketones is 1. The van der Waals surface area contributed by atoms with Gasteiger partial charge in [0.25, 0.3) is 0 Å². The van der Waals surface area contributed by atoms with E-state index in [2.05, 4.69) is 17.2 Å². The van der Waals surface area contributed by atoms with Crippen LogP contribution < -0.4 is 0 Å². The Labute approximate surface area is 93.9 Å². The van der Waals surface area contributed by atoms with Crippen molar-refractivity contribution in [2.45, 2.75) is 20.8 Å². The smallest absolute Gasteiger partial charge is 0.181 e. The van der Waals surface area contributed by atoms with Gasteiger partial charge in [0, 0.05) is 6.92 Å². The molecule has 0 fully saturated rings. The minimum Gasteiger partial charge on any atom is -0.293 e. The number of rotatable bonds is 2. The third kappa shape index (κ3) is 1.86. The van der Waals surface area contributed by atoms with Gasteiger partial charge in [0.2, 0.25) is 0 Å². The number of benzene rings is 1. The van der Waals surface area contributed by atoms with Crippen LogP contribution in [0.25, 0.3) is 5.69 Å². The Kier molecular flexibility index (Phi) is 2.56. The highest BCUT2D eigenvalue weighted by molar-refractivity contribution is 5.91. The zero-order valence-electron chi connectivity index (χ0n) is 9.56. The second kappa shape index (κ2) is 3.89. The van der Waals surface area contributed by atoms with Gasteiger partial charge >= 0.3 is 0 Å². The number of hydrogen-bond acceptors (Lipinski definition) is 3. The summed E-state index contributed by atoms with van der Waals surface area (Å²) < 4.78 is 1.61. The van der Waals surface area contributed by atoms with Gasteiger partial charge in [0.05, 0.1) is 11.9 Å². The lowest BCUT2D eigenvalue weighted by Gasteiger charge is -2.03. The van der Waals surface area contributed by atoms with Gasteiger partial charge in [0.15, 0.2) is 5.78 Å². The summed E-state index contributed by atoms with van der Waals surface area (Å²) >= 11 is 0. The molecule has 0 aliphatic carbocycles. The van der Waals surface area contributed by atoms with E-state index in [0.717, 1.165) is 5.69 Å². The number of Topliss-reactive ketones (excluding diaryl/α,β-unsaturated/α-hetero) is 1. The number of aromatic nitrogens is 3. The quantitative estimate of drug-likeness (QED) is 0.721. The van der Waals surface area contributed by atoms with Crippen molar-refractivity contribution in [2.24, 2.45) is 0 Å². The zero-order valence-corrected chi connectivity index (χ0v) is 9.56. The van der Waals surface area contributed by atoms with Gasteiger partial charge < -0.3 is 0 Å². The van der Waals surface area contributed by atoms with E-state index in [-0.39, 0.29) is 5.78 Å². The molecule has 0 bridgehead atoms. The minimum absolute atomic E-state index is 0.0740. The predicted octanol–water partition coefficient (Wildman–Crippen LogP) is 2.09. The maximum atomic E-state index is 11.1. The molecule has 0 radical (unpaired) electrons. The first kappa shape index (κ1) is 10.5. The molecule has 16 heavy (non-hydrogen) atoms.